The SMILES string of the molecule is COc1cccc(-c2cc(C3CCN(C(=O)NC4CCCC4)CC3)[nH]n2)c1. The minimum absolute atomic E-state index is 0.113. The second-order valence-corrected chi connectivity index (χ2v) is 7.63. The molecule has 0 spiro atoms. The van der Waals surface area contributed by atoms with Crippen molar-refractivity contribution in [3.63, 3.8) is 0 Å². The number of carbonyl (C=O) groups excluding carboxylic acids is 1. The van der Waals surface area contributed by atoms with Crippen LogP contribution in [0.15, 0.2) is 30.3 Å². The molecule has 1 aromatic carbocycles. The number of rotatable bonds is 4. The van der Waals surface area contributed by atoms with Crippen molar-refractivity contribution in [2.45, 2.75) is 50.5 Å². The summed E-state index contributed by atoms with van der Waals surface area (Å²) < 4.78 is 5.30. The zero-order valence-electron chi connectivity index (χ0n) is 15.9. The van der Waals surface area contributed by atoms with Gasteiger partial charge in [-0.25, -0.2) is 4.79 Å². The average molecular weight is 368 g/mol. The molecule has 1 saturated heterocycles. The summed E-state index contributed by atoms with van der Waals surface area (Å²) >= 11 is 0. The number of nitrogens with zero attached hydrogens (tertiary/aromatic N) is 2. The monoisotopic (exact) mass is 368 g/mol. The van der Waals surface area contributed by atoms with Crippen LogP contribution in [0.4, 0.5) is 4.79 Å². The van der Waals surface area contributed by atoms with Gasteiger partial charge in [0.1, 0.15) is 5.75 Å². The van der Waals surface area contributed by atoms with E-state index in [0.717, 1.165) is 61.5 Å². The minimum Gasteiger partial charge on any atom is -0.497 e. The minimum atomic E-state index is 0.113. The van der Waals surface area contributed by atoms with Crippen LogP contribution in [0.1, 0.15) is 50.1 Å². The summed E-state index contributed by atoms with van der Waals surface area (Å²) in [5, 5.41) is 10.9. The summed E-state index contributed by atoms with van der Waals surface area (Å²) in [7, 11) is 1.67. The molecule has 2 N–H and O–H groups in total. The first-order valence-electron chi connectivity index (χ1n) is 9.98. The first-order chi connectivity index (χ1) is 13.2. The van der Waals surface area contributed by atoms with Gasteiger partial charge in [-0.05, 0) is 43.9 Å². The number of nitrogens with one attached hydrogen (secondary N) is 2. The van der Waals surface area contributed by atoms with Crippen molar-refractivity contribution in [1.29, 1.82) is 0 Å². The molecule has 1 aliphatic heterocycles. The van der Waals surface area contributed by atoms with Gasteiger partial charge >= 0.3 is 6.03 Å². The molecule has 0 bridgehead atoms. The fourth-order valence-electron chi connectivity index (χ4n) is 4.21. The number of aromatic nitrogens is 2. The number of likely N-dealkylation sites (tertiary alicyclic amines) is 1. The summed E-state index contributed by atoms with van der Waals surface area (Å²) in [5.41, 5.74) is 3.14. The van der Waals surface area contributed by atoms with Crippen LogP contribution in [0.25, 0.3) is 11.3 Å². The molecule has 1 aromatic heterocycles. The highest BCUT2D eigenvalue weighted by Gasteiger charge is 2.27. The van der Waals surface area contributed by atoms with Crippen molar-refractivity contribution in [2.24, 2.45) is 0 Å². The van der Waals surface area contributed by atoms with Crippen molar-refractivity contribution >= 4 is 6.03 Å². The Kier molecular flexibility index (Phi) is 5.32. The fourth-order valence-corrected chi connectivity index (χ4v) is 4.21. The quantitative estimate of drug-likeness (QED) is 0.859. The van der Waals surface area contributed by atoms with E-state index in [0.29, 0.717) is 12.0 Å². The number of aromatic amines is 1. The summed E-state index contributed by atoms with van der Waals surface area (Å²) in [5.74, 6) is 1.26. The Labute approximate surface area is 160 Å². The van der Waals surface area contributed by atoms with Crippen molar-refractivity contribution in [3.8, 4) is 17.0 Å². The molecule has 2 amide bonds. The molecule has 144 valence electrons. The van der Waals surface area contributed by atoms with Crippen LogP contribution < -0.4 is 10.1 Å². The fraction of sp³-hybridized carbons (Fsp3) is 0.524. The molecule has 6 heteroatoms. The van der Waals surface area contributed by atoms with Crippen LogP contribution in [0.3, 0.4) is 0 Å². The largest absolute Gasteiger partial charge is 0.497 e. The smallest absolute Gasteiger partial charge is 0.317 e. The van der Waals surface area contributed by atoms with E-state index in [2.05, 4.69) is 21.6 Å². The van der Waals surface area contributed by atoms with E-state index >= 15 is 0 Å². The van der Waals surface area contributed by atoms with Gasteiger partial charge in [-0.3, -0.25) is 5.10 Å². The standard InChI is InChI=1S/C21H28N4O2/c1-27-18-8-4-5-16(13-18)20-14-19(23-24-20)15-9-11-25(12-10-15)21(26)22-17-6-2-3-7-17/h4-5,8,13-15,17H,2-3,6-7,9-12H2,1H3,(H,22,26)(H,23,24). The number of methoxy groups -OCH3 is 1. The number of piperidine rings is 1. The molecule has 1 saturated carbocycles. The average Bonchev–Trinajstić information content (AvgIpc) is 3.40. The van der Waals surface area contributed by atoms with Gasteiger partial charge in [0.15, 0.2) is 0 Å². The Hall–Kier alpha value is -2.50. The molecule has 2 heterocycles. The Morgan fingerprint density at radius 2 is 1.96 bits per heavy atom. The molecule has 2 aromatic rings. The van der Waals surface area contributed by atoms with Crippen LogP contribution in [0.2, 0.25) is 0 Å². The maximum atomic E-state index is 12.4. The first kappa shape index (κ1) is 17.9. The number of ether oxygens (including phenoxy) is 1. The summed E-state index contributed by atoms with van der Waals surface area (Å²) in [6.45, 7) is 1.60. The van der Waals surface area contributed by atoms with Gasteiger partial charge in [0.25, 0.3) is 0 Å². The number of carbonyl (C=O) groups is 1. The maximum Gasteiger partial charge on any atom is 0.317 e. The second-order valence-electron chi connectivity index (χ2n) is 7.63. The summed E-state index contributed by atoms with van der Waals surface area (Å²) in [6, 6.07) is 10.6. The molecule has 1 aliphatic carbocycles. The van der Waals surface area contributed by atoms with Crippen LogP contribution in [-0.4, -0.2) is 47.4 Å². The molecule has 0 unspecified atom stereocenters. The Balaban J connectivity index is 1.34. The van der Waals surface area contributed by atoms with E-state index in [1.807, 2.05) is 29.2 Å². The molecular weight excluding hydrogens is 340 g/mol. The van der Waals surface area contributed by atoms with Crippen LogP contribution in [-0.2, 0) is 0 Å². The number of H-pyrrole nitrogens is 1. The highest BCUT2D eigenvalue weighted by Crippen LogP contribution is 2.30. The summed E-state index contributed by atoms with van der Waals surface area (Å²) in [4.78, 5) is 14.4. The van der Waals surface area contributed by atoms with E-state index in [9.17, 15) is 4.79 Å². The molecule has 27 heavy (non-hydrogen) atoms. The van der Waals surface area contributed by atoms with E-state index in [1.54, 1.807) is 7.11 Å². The lowest BCUT2D eigenvalue weighted by Crippen LogP contribution is -2.47. The highest BCUT2D eigenvalue weighted by atomic mass is 16.5. The van der Waals surface area contributed by atoms with Gasteiger partial charge < -0.3 is 15.0 Å². The van der Waals surface area contributed by atoms with Gasteiger partial charge in [-0.2, -0.15) is 5.10 Å². The van der Waals surface area contributed by atoms with Gasteiger partial charge in [0, 0.05) is 36.3 Å². The number of hydrogen-bond donors (Lipinski definition) is 2. The van der Waals surface area contributed by atoms with Gasteiger partial charge in [0.05, 0.1) is 12.8 Å². The van der Waals surface area contributed by atoms with Crippen molar-refractivity contribution in [3.05, 3.63) is 36.0 Å². The third kappa shape index (κ3) is 4.10. The number of urea groups is 1. The Morgan fingerprint density at radius 3 is 2.70 bits per heavy atom. The molecule has 0 atom stereocenters. The maximum absolute atomic E-state index is 12.4. The topological polar surface area (TPSA) is 70.2 Å². The predicted octanol–water partition coefficient (Wildman–Crippen LogP) is 3.92. The van der Waals surface area contributed by atoms with Crippen LogP contribution in [0, 0.1) is 0 Å². The van der Waals surface area contributed by atoms with E-state index in [1.165, 1.54) is 12.8 Å². The zero-order chi connectivity index (χ0) is 18.6. The number of amides is 2. The molecule has 2 aliphatic rings. The molecule has 0 radical (unpaired) electrons. The van der Waals surface area contributed by atoms with Crippen LogP contribution in [0.5, 0.6) is 5.75 Å². The normalized spacial score (nSPS) is 18.6. The summed E-state index contributed by atoms with van der Waals surface area (Å²) in [6.07, 6.45) is 6.67. The zero-order valence-corrected chi connectivity index (χ0v) is 15.9. The molecular formula is C21H28N4O2. The molecule has 4 rings (SSSR count). The van der Waals surface area contributed by atoms with E-state index in [4.69, 9.17) is 4.74 Å². The van der Waals surface area contributed by atoms with Gasteiger partial charge in [-0.15, -0.1) is 0 Å². The van der Waals surface area contributed by atoms with E-state index in [-0.39, 0.29) is 6.03 Å². The first-order valence-corrected chi connectivity index (χ1v) is 9.98. The van der Waals surface area contributed by atoms with Crippen LogP contribution >= 0.6 is 0 Å². The van der Waals surface area contributed by atoms with Gasteiger partial charge in [0.2, 0.25) is 0 Å². The number of benzene rings is 1. The molecule has 6 nitrogen and oxygen atoms in total. The highest BCUT2D eigenvalue weighted by molar-refractivity contribution is 5.74. The van der Waals surface area contributed by atoms with Crippen molar-refractivity contribution in [2.75, 3.05) is 20.2 Å². The lowest BCUT2D eigenvalue weighted by molar-refractivity contribution is 0.177. The number of hydrogen-bond acceptors (Lipinski definition) is 3. The van der Waals surface area contributed by atoms with Crippen molar-refractivity contribution in [1.82, 2.24) is 20.4 Å². The third-order valence-electron chi connectivity index (χ3n) is 5.87. The Morgan fingerprint density at radius 1 is 1.19 bits per heavy atom. The second kappa shape index (κ2) is 8.03. The third-order valence-corrected chi connectivity index (χ3v) is 5.87. The van der Waals surface area contributed by atoms with Crippen molar-refractivity contribution < 1.29 is 9.53 Å². The lowest BCUT2D eigenvalue weighted by Gasteiger charge is -2.32. The van der Waals surface area contributed by atoms with E-state index < -0.39 is 0 Å². The van der Waals surface area contributed by atoms with Gasteiger partial charge in [-0.1, -0.05) is 25.0 Å². The predicted molar refractivity (Wildman–Crippen MR) is 105 cm³/mol. The lowest BCUT2D eigenvalue weighted by atomic mass is 9.93. The Bertz CT molecular complexity index is 774. The molecule has 2 fully saturated rings.